The Morgan fingerprint density at radius 1 is 1.29 bits per heavy atom. The van der Waals surface area contributed by atoms with Crippen molar-refractivity contribution >= 4 is 58.7 Å². The first-order valence-corrected chi connectivity index (χ1v) is 9.06. The molecule has 1 aromatic carbocycles. The summed E-state index contributed by atoms with van der Waals surface area (Å²) in [5.74, 6) is -0.426. The summed E-state index contributed by atoms with van der Waals surface area (Å²) in [6, 6.07) is 8.57. The van der Waals surface area contributed by atoms with Gasteiger partial charge in [-0.1, -0.05) is 41.4 Å². The van der Waals surface area contributed by atoms with Crippen LogP contribution >= 0.6 is 46.6 Å². The Morgan fingerprint density at radius 2 is 2.00 bits per heavy atom. The fourth-order valence-electron chi connectivity index (χ4n) is 1.66. The van der Waals surface area contributed by atoms with E-state index < -0.39 is 28.4 Å². The molecule has 1 aromatic rings. The fraction of sp³-hybridized carbons (Fsp3) is 0.429. The van der Waals surface area contributed by atoms with Crippen molar-refractivity contribution in [2.24, 2.45) is 0 Å². The molecular weight excluding hydrogens is 403 g/mol. The molecule has 2 unspecified atom stereocenters. The van der Waals surface area contributed by atoms with Gasteiger partial charge in [-0.2, -0.15) is 0 Å². The lowest BCUT2D eigenvalue weighted by Crippen LogP contribution is -2.29. The number of hydrogen-bond acceptors (Lipinski definition) is 7. The van der Waals surface area contributed by atoms with Crippen molar-refractivity contribution in [1.29, 1.82) is 0 Å². The highest BCUT2D eigenvalue weighted by Crippen LogP contribution is 2.29. The molecule has 2 atom stereocenters. The van der Waals surface area contributed by atoms with E-state index in [2.05, 4.69) is 4.74 Å². The number of carbonyl (C=O) groups excluding carboxylic acids is 2. The Morgan fingerprint density at radius 3 is 2.67 bits per heavy atom. The number of esters is 1. The number of benzene rings is 1. The van der Waals surface area contributed by atoms with Gasteiger partial charge in [-0.25, -0.2) is 9.59 Å². The molecule has 1 aliphatic rings. The Balaban J connectivity index is 1.71. The molecule has 0 spiro atoms. The van der Waals surface area contributed by atoms with Gasteiger partial charge in [0.25, 0.3) is 4.52 Å². The quantitative estimate of drug-likeness (QED) is 0.517. The topological polar surface area (TPSA) is 71.1 Å². The van der Waals surface area contributed by atoms with E-state index in [0.29, 0.717) is 11.3 Å². The lowest BCUT2D eigenvalue weighted by atomic mass is 10.2. The predicted molar refractivity (Wildman–Crippen MR) is 90.6 cm³/mol. The van der Waals surface area contributed by atoms with Gasteiger partial charge in [-0.05, 0) is 12.1 Å². The monoisotopic (exact) mass is 414 g/mol. The van der Waals surface area contributed by atoms with Crippen molar-refractivity contribution < 1.29 is 28.5 Å². The van der Waals surface area contributed by atoms with Crippen LogP contribution in [0.5, 0.6) is 0 Å². The molecule has 132 valence electrons. The van der Waals surface area contributed by atoms with Crippen LogP contribution in [0.15, 0.2) is 30.3 Å². The Labute approximate surface area is 157 Å². The Bertz CT molecular complexity index is 571. The molecule has 1 saturated heterocycles. The summed E-state index contributed by atoms with van der Waals surface area (Å²) in [6.45, 7) is 0.0178. The van der Waals surface area contributed by atoms with E-state index in [1.165, 1.54) is 11.8 Å². The summed E-state index contributed by atoms with van der Waals surface area (Å²) in [5, 5.41) is 0. The van der Waals surface area contributed by atoms with Crippen molar-refractivity contribution in [3.63, 3.8) is 0 Å². The first-order valence-electron chi connectivity index (χ1n) is 6.72. The third kappa shape index (κ3) is 6.22. The standard InChI is InChI=1S/C14H13Cl3O6S/c15-8-14(16,17)23-13(19)22-10-7-24-11(21-10)6-20-12(18)9-4-2-1-3-5-9/h1-5,10-11H,6-8H2. The van der Waals surface area contributed by atoms with Crippen molar-refractivity contribution in [3.05, 3.63) is 35.9 Å². The van der Waals surface area contributed by atoms with Crippen LogP contribution in [0, 0.1) is 0 Å². The summed E-state index contributed by atoms with van der Waals surface area (Å²) in [6.07, 6.45) is -1.96. The van der Waals surface area contributed by atoms with E-state index in [1.807, 2.05) is 0 Å². The third-order valence-electron chi connectivity index (χ3n) is 2.70. The summed E-state index contributed by atoms with van der Waals surface area (Å²) in [5.41, 5.74) is -0.0150. The van der Waals surface area contributed by atoms with Gasteiger partial charge < -0.3 is 18.9 Å². The van der Waals surface area contributed by atoms with E-state index in [0.717, 1.165) is 0 Å². The highest BCUT2D eigenvalue weighted by molar-refractivity contribution is 8.00. The maximum Gasteiger partial charge on any atom is 0.513 e. The van der Waals surface area contributed by atoms with Gasteiger partial charge in [0.05, 0.1) is 17.2 Å². The van der Waals surface area contributed by atoms with Crippen LogP contribution in [0.25, 0.3) is 0 Å². The minimum atomic E-state index is -1.87. The van der Waals surface area contributed by atoms with Crippen molar-refractivity contribution in [3.8, 4) is 0 Å². The maximum absolute atomic E-state index is 11.8. The molecule has 0 saturated carbocycles. The van der Waals surface area contributed by atoms with Gasteiger partial charge in [0, 0.05) is 0 Å². The molecule has 0 radical (unpaired) electrons. The molecule has 2 rings (SSSR count). The summed E-state index contributed by atoms with van der Waals surface area (Å²) in [4.78, 5) is 23.3. The molecule has 1 heterocycles. The van der Waals surface area contributed by atoms with Gasteiger partial charge in [0.2, 0.25) is 6.29 Å². The number of rotatable bonds is 6. The average Bonchev–Trinajstić information content (AvgIpc) is 3.00. The zero-order valence-electron chi connectivity index (χ0n) is 12.2. The Hall–Kier alpha value is -0.860. The second kappa shape index (κ2) is 9.01. The predicted octanol–water partition coefficient (Wildman–Crippen LogP) is 3.78. The SMILES string of the molecule is O=C(OC1CSC(COC(=O)c2ccccc2)O1)OC(Cl)(Cl)CCl. The maximum atomic E-state index is 11.8. The molecule has 10 heteroatoms. The number of halogens is 3. The van der Waals surface area contributed by atoms with Gasteiger partial charge in [-0.3, -0.25) is 0 Å². The number of carbonyl (C=O) groups is 2. The molecule has 0 aromatic heterocycles. The van der Waals surface area contributed by atoms with E-state index in [9.17, 15) is 9.59 Å². The highest BCUT2D eigenvalue weighted by atomic mass is 35.5. The molecule has 6 nitrogen and oxygen atoms in total. The van der Waals surface area contributed by atoms with Gasteiger partial charge in [0.1, 0.15) is 12.0 Å². The van der Waals surface area contributed by atoms with Crippen LogP contribution in [-0.4, -0.2) is 46.6 Å². The Kier molecular flexibility index (Phi) is 7.31. The largest absolute Gasteiger partial charge is 0.513 e. The minimum Gasteiger partial charge on any atom is -0.458 e. The summed E-state index contributed by atoms with van der Waals surface area (Å²) >= 11 is 17.9. The molecule has 24 heavy (non-hydrogen) atoms. The zero-order valence-corrected chi connectivity index (χ0v) is 15.2. The van der Waals surface area contributed by atoms with Crippen molar-refractivity contribution in [2.75, 3.05) is 18.2 Å². The molecule has 1 fully saturated rings. The van der Waals surface area contributed by atoms with Gasteiger partial charge >= 0.3 is 12.1 Å². The molecular formula is C14H13Cl3O6S. The highest BCUT2D eigenvalue weighted by Gasteiger charge is 2.34. The first-order chi connectivity index (χ1) is 11.4. The van der Waals surface area contributed by atoms with Gasteiger partial charge in [-0.15, -0.1) is 23.4 Å². The lowest BCUT2D eigenvalue weighted by molar-refractivity contribution is -0.117. The number of ether oxygens (including phenoxy) is 4. The van der Waals surface area contributed by atoms with Gasteiger partial charge in [0.15, 0.2) is 0 Å². The minimum absolute atomic E-state index is 0.0178. The second-order valence-corrected chi connectivity index (χ2v) is 7.41. The van der Waals surface area contributed by atoms with E-state index in [4.69, 9.17) is 49.0 Å². The molecule has 1 aliphatic heterocycles. The third-order valence-corrected chi connectivity index (χ3v) is 4.85. The molecule has 0 amide bonds. The zero-order chi connectivity index (χ0) is 17.6. The van der Waals surface area contributed by atoms with E-state index in [1.54, 1.807) is 30.3 Å². The van der Waals surface area contributed by atoms with Crippen LogP contribution in [0.1, 0.15) is 10.4 Å². The van der Waals surface area contributed by atoms with Crippen molar-refractivity contribution in [2.45, 2.75) is 16.2 Å². The second-order valence-electron chi connectivity index (χ2n) is 4.53. The summed E-state index contributed by atoms with van der Waals surface area (Å²) < 4.78 is 18.2. The molecule has 0 aliphatic carbocycles. The van der Waals surface area contributed by atoms with E-state index >= 15 is 0 Å². The molecule has 0 bridgehead atoms. The van der Waals surface area contributed by atoms with Crippen LogP contribution in [0.2, 0.25) is 0 Å². The number of thioether (sulfide) groups is 1. The number of hydrogen-bond donors (Lipinski definition) is 0. The average molecular weight is 416 g/mol. The fourth-order valence-corrected chi connectivity index (χ4v) is 2.73. The summed E-state index contributed by atoms with van der Waals surface area (Å²) in [7, 11) is 0. The number of alkyl halides is 3. The van der Waals surface area contributed by atoms with Crippen LogP contribution in [0.3, 0.4) is 0 Å². The normalized spacial score (nSPS) is 20.5. The first kappa shape index (κ1) is 19.5. The van der Waals surface area contributed by atoms with Crippen molar-refractivity contribution in [1.82, 2.24) is 0 Å². The van der Waals surface area contributed by atoms with Crippen LogP contribution in [-0.2, 0) is 18.9 Å². The van der Waals surface area contributed by atoms with Crippen LogP contribution in [0.4, 0.5) is 4.79 Å². The van der Waals surface area contributed by atoms with Crippen LogP contribution < -0.4 is 0 Å². The lowest BCUT2D eigenvalue weighted by Gasteiger charge is -2.18. The van der Waals surface area contributed by atoms with E-state index in [-0.39, 0.29) is 12.5 Å². The molecule has 0 N–H and O–H groups in total. The smallest absolute Gasteiger partial charge is 0.458 e.